The van der Waals surface area contributed by atoms with Crippen LogP contribution in [-0.2, 0) is 9.31 Å². The fourth-order valence-electron chi connectivity index (χ4n) is 1.84. The molecule has 0 aromatic carbocycles. The number of aromatic nitrogens is 4. The van der Waals surface area contributed by atoms with Crippen LogP contribution in [0.5, 0.6) is 0 Å². The molecule has 1 aliphatic rings. The molecule has 1 aliphatic heterocycles. The smallest absolute Gasteiger partial charge is 0.399 e. The second-order valence-corrected chi connectivity index (χ2v) is 5.48. The van der Waals surface area contributed by atoms with Crippen LogP contribution in [-0.4, -0.2) is 37.9 Å². The largest absolute Gasteiger partial charge is 0.498 e. The minimum absolute atomic E-state index is 0.352. The normalized spacial score (nSPS) is 21.7. The number of hydrogen-bond donors (Lipinski definition) is 0. The first-order valence-corrected chi connectivity index (χ1v) is 5.90. The van der Waals surface area contributed by atoms with E-state index in [1.165, 1.54) is 6.33 Å². The lowest BCUT2D eigenvalue weighted by atomic mass is 9.81. The van der Waals surface area contributed by atoms with Gasteiger partial charge in [-0.15, -0.1) is 0 Å². The molecule has 0 N–H and O–H groups in total. The summed E-state index contributed by atoms with van der Waals surface area (Å²) in [5, 5.41) is 4.06. The Hall–Kier alpha value is -1.47. The number of fused-ring (bicyclic) bond motifs is 1. The molecular weight excluding hydrogens is 231 g/mol. The third kappa shape index (κ3) is 1.62. The van der Waals surface area contributed by atoms with Gasteiger partial charge >= 0.3 is 7.12 Å². The highest BCUT2D eigenvalue weighted by Gasteiger charge is 2.51. The highest BCUT2D eigenvalue weighted by Crippen LogP contribution is 2.36. The molecule has 6 nitrogen and oxygen atoms in total. The zero-order valence-corrected chi connectivity index (χ0v) is 10.9. The van der Waals surface area contributed by atoms with Crippen molar-refractivity contribution >= 4 is 18.4 Å². The summed E-state index contributed by atoms with van der Waals surface area (Å²) < 4.78 is 13.5. The lowest BCUT2D eigenvalue weighted by molar-refractivity contribution is 0.00578. The summed E-state index contributed by atoms with van der Waals surface area (Å²) in [5.74, 6) is 0.565. The van der Waals surface area contributed by atoms with Gasteiger partial charge in [0.05, 0.1) is 11.2 Å². The molecule has 2 aromatic heterocycles. The van der Waals surface area contributed by atoms with Crippen molar-refractivity contribution in [2.45, 2.75) is 38.9 Å². The van der Waals surface area contributed by atoms with Gasteiger partial charge in [0.2, 0.25) is 0 Å². The molecule has 0 amide bonds. The molecular formula is C11H15BN4O2. The average Bonchev–Trinajstić information content (AvgIpc) is 2.80. The van der Waals surface area contributed by atoms with E-state index in [0.29, 0.717) is 5.78 Å². The van der Waals surface area contributed by atoms with Crippen LogP contribution < -0.4 is 5.46 Å². The van der Waals surface area contributed by atoms with Crippen LogP contribution in [0.3, 0.4) is 0 Å². The Balaban J connectivity index is 1.96. The van der Waals surface area contributed by atoms with E-state index in [-0.39, 0.29) is 11.2 Å². The molecule has 0 radical (unpaired) electrons. The molecule has 18 heavy (non-hydrogen) atoms. The summed E-state index contributed by atoms with van der Waals surface area (Å²) in [7, 11) is -0.420. The minimum atomic E-state index is -0.420. The maximum absolute atomic E-state index is 5.95. The molecule has 3 rings (SSSR count). The van der Waals surface area contributed by atoms with Gasteiger partial charge < -0.3 is 9.31 Å². The van der Waals surface area contributed by atoms with E-state index in [1.54, 1.807) is 10.7 Å². The fraction of sp³-hybridized carbons (Fsp3) is 0.545. The van der Waals surface area contributed by atoms with Gasteiger partial charge in [0, 0.05) is 17.9 Å². The Morgan fingerprint density at radius 1 is 1.11 bits per heavy atom. The molecule has 0 spiro atoms. The second-order valence-electron chi connectivity index (χ2n) is 5.48. The van der Waals surface area contributed by atoms with Crippen LogP contribution in [0.1, 0.15) is 27.7 Å². The highest BCUT2D eigenvalue weighted by molar-refractivity contribution is 6.61. The lowest BCUT2D eigenvalue weighted by Gasteiger charge is -2.32. The summed E-state index contributed by atoms with van der Waals surface area (Å²) in [4.78, 5) is 8.21. The van der Waals surface area contributed by atoms with Crippen molar-refractivity contribution in [1.29, 1.82) is 0 Å². The Morgan fingerprint density at radius 3 is 2.44 bits per heavy atom. The third-order valence-electron chi connectivity index (χ3n) is 3.68. The van der Waals surface area contributed by atoms with E-state index >= 15 is 0 Å². The molecule has 94 valence electrons. The van der Waals surface area contributed by atoms with Crippen LogP contribution in [0, 0.1) is 0 Å². The molecule has 3 heterocycles. The molecule has 0 bridgehead atoms. The van der Waals surface area contributed by atoms with E-state index in [1.807, 2.05) is 33.9 Å². The van der Waals surface area contributed by atoms with Crippen molar-refractivity contribution in [2.24, 2.45) is 0 Å². The van der Waals surface area contributed by atoms with Gasteiger partial charge in [-0.2, -0.15) is 10.1 Å². The van der Waals surface area contributed by atoms with Crippen LogP contribution >= 0.6 is 0 Å². The van der Waals surface area contributed by atoms with Crippen molar-refractivity contribution in [1.82, 2.24) is 19.6 Å². The van der Waals surface area contributed by atoms with Gasteiger partial charge in [-0.3, -0.25) is 0 Å². The standard InChI is InChI=1S/C11H15BN4O2/c1-10(2)11(3,4)18-12(17-10)8-5-13-9-14-7-15-16(9)6-8/h5-7H,1-4H3. The first-order chi connectivity index (χ1) is 8.39. The zero-order chi connectivity index (χ0) is 13.0. The van der Waals surface area contributed by atoms with Gasteiger partial charge in [-0.25, -0.2) is 9.50 Å². The summed E-state index contributed by atoms with van der Waals surface area (Å²) in [5.41, 5.74) is 0.135. The quantitative estimate of drug-likeness (QED) is 0.682. The second kappa shape index (κ2) is 3.52. The summed E-state index contributed by atoms with van der Waals surface area (Å²) in [6.45, 7) is 8.09. The van der Waals surface area contributed by atoms with Crippen molar-refractivity contribution in [3.63, 3.8) is 0 Å². The predicted octanol–water partition coefficient (Wildman–Crippen LogP) is 0.423. The third-order valence-corrected chi connectivity index (χ3v) is 3.68. The lowest BCUT2D eigenvalue weighted by Crippen LogP contribution is -2.41. The van der Waals surface area contributed by atoms with Gasteiger partial charge in [0.15, 0.2) is 0 Å². The summed E-state index contributed by atoms with van der Waals surface area (Å²) in [6, 6.07) is 0. The molecule has 0 atom stereocenters. The Labute approximate surface area is 105 Å². The zero-order valence-electron chi connectivity index (χ0n) is 10.9. The Morgan fingerprint density at radius 2 is 1.78 bits per heavy atom. The number of nitrogens with zero attached hydrogens (tertiary/aromatic N) is 4. The SMILES string of the molecule is CC1(C)OB(c2cnc3ncnn3c2)OC1(C)C. The number of rotatable bonds is 1. The van der Waals surface area contributed by atoms with Gasteiger partial charge in [-0.05, 0) is 27.7 Å². The van der Waals surface area contributed by atoms with Crippen molar-refractivity contribution in [3.8, 4) is 0 Å². The van der Waals surface area contributed by atoms with Crippen LogP contribution in [0.4, 0.5) is 0 Å². The summed E-state index contributed by atoms with van der Waals surface area (Å²) in [6.07, 6.45) is 5.01. The Bertz CT molecular complexity index is 579. The monoisotopic (exact) mass is 246 g/mol. The van der Waals surface area contributed by atoms with Crippen LogP contribution in [0.2, 0.25) is 0 Å². The highest BCUT2D eigenvalue weighted by atomic mass is 16.7. The van der Waals surface area contributed by atoms with Gasteiger partial charge in [-0.1, -0.05) is 0 Å². The minimum Gasteiger partial charge on any atom is -0.399 e. The molecule has 0 aliphatic carbocycles. The van der Waals surface area contributed by atoms with Gasteiger partial charge in [0.25, 0.3) is 5.78 Å². The van der Waals surface area contributed by atoms with Crippen molar-refractivity contribution in [2.75, 3.05) is 0 Å². The number of hydrogen-bond acceptors (Lipinski definition) is 5. The van der Waals surface area contributed by atoms with E-state index < -0.39 is 7.12 Å². The van der Waals surface area contributed by atoms with E-state index in [2.05, 4.69) is 15.1 Å². The topological polar surface area (TPSA) is 61.5 Å². The average molecular weight is 246 g/mol. The van der Waals surface area contributed by atoms with Crippen LogP contribution in [0.15, 0.2) is 18.7 Å². The maximum Gasteiger partial charge on any atom is 0.498 e. The molecule has 2 aromatic rings. The predicted molar refractivity (Wildman–Crippen MR) is 66.5 cm³/mol. The Kier molecular flexibility index (Phi) is 2.27. The van der Waals surface area contributed by atoms with Crippen LogP contribution in [0.25, 0.3) is 5.78 Å². The molecule has 7 heteroatoms. The molecule has 1 fully saturated rings. The first kappa shape index (κ1) is 11.6. The first-order valence-electron chi connectivity index (χ1n) is 5.90. The molecule has 0 saturated carbocycles. The fourth-order valence-corrected chi connectivity index (χ4v) is 1.84. The maximum atomic E-state index is 5.95. The molecule has 1 saturated heterocycles. The van der Waals surface area contributed by atoms with Crippen molar-refractivity contribution in [3.05, 3.63) is 18.7 Å². The van der Waals surface area contributed by atoms with E-state index in [0.717, 1.165) is 5.46 Å². The molecule has 0 unspecified atom stereocenters. The summed E-state index contributed by atoms with van der Waals surface area (Å²) >= 11 is 0. The van der Waals surface area contributed by atoms with E-state index in [4.69, 9.17) is 9.31 Å². The van der Waals surface area contributed by atoms with Gasteiger partial charge in [0.1, 0.15) is 6.33 Å². The van der Waals surface area contributed by atoms with E-state index in [9.17, 15) is 0 Å². The van der Waals surface area contributed by atoms with Crippen molar-refractivity contribution < 1.29 is 9.31 Å².